The van der Waals surface area contributed by atoms with Gasteiger partial charge in [0.25, 0.3) is 5.91 Å². The van der Waals surface area contributed by atoms with E-state index in [1.807, 2.05) is 0 Å². The van der Waals surface area contributed by atoms with Crippen molar-refractivity contribution >= 4 is 11.9 Å². The van der Waals surface area contributed by atoms with E-state index in [1.54, 1.807) is 13.8 Å². The summed E-state index contributed by atoms with van der Waals surface area (Å²) in [5, 5.41) is 12.9. The predicted molar refractivity (Wildman–Crippen MR) is 86.6 cm³/mol. The maximum Gasteiger partial charge on any atom is 0.325 e. The van der Waals surface area contributed by atoms with E-state index >= 15 is 0 Å². The number of nitrogens with zero attached hydrogens (tertiary/aromatic N) is 2. The minimum atomic E-state index is -0.874. The third kappa shape index (κ3) is 5.25. The van der Waals surface area contributed by atoms with Crippen LogP contribution in [-0.2, 0) is 4.79 Å². The first kappa shape index (κ1) is 18.9. The number of aliphatic hydroxyl groups is 1. The number of unbranched alkanes of at least 4 members (excludes halogenated alkanes) is 2. The molecule has 0 spiro atoms. The molecular weight excluding hydrogens is 282 g/mol. The Kier molecular flexibility index (Phi) is 7.29. The molecule has 0 aromatic heterocycles. The lowest BCUT2D eigenvalue weighted by Gasteiger charge is -2.26. The highest BCUT2D eigenvalue weighted by molar-refractivity contribution is 6.06. The average Bonchev–Trinajstić information content (AvgIpc) is 2.64. The Morgan fingerprint density at radius 1 is 1.18 bits per heavy atom. The van der Waals surface area contributed by atoms with E-state index in [4.69, 9.17) is 0 Å². The van der Waals surface area contributed by atoms with Gasteiger partial charge in [-0.15, -0.1) is 0 Å². The van der Waals surface area contributed by atoms with Crippen LogP contribution in [0.3, 0.4) is 0 Å². The summed E-state index contributed by atoms with van der Waals surface area (Å²) in [4.78, 5) is 27.3. The molecule has 128 valence electrons. The molecule has 0 aliphatic carbocycles. The first-order chi connectivity index (χ1) is 10.3. The van der Waals surface area contributed by atoms with E-state index in [2.05, 4.69) is 24.1 Å². The third-order valence-electron chi connectivity index (χ3n) is 3.96. The van der Waals surface area contributed by atoms with Crippen LogP contribution in [0.1, 0.15) is 53.4 Å². The second-order valence-electron chi connectivity index (χ2n) is 6.63. The van der Waals surface area contributed by atoms with Crippen molar-refractivity contribution in [2.75, 3.05) is 26.2 Å². The summed E-state index contributed by atoms with van der Waals surface area (Å²) in [7, 11) is 0. The number of imide groups is 1. The summed E-state index contributed by atoms with van der Waals surface area (Å²) in [6, 6.07) is -0.414. The van der Waals surface area contributed by atoms with Crippen LogP contribution in [0.5, 0.6) is 0 Å². The second-order valence-corrected chi connectivity index (χ2v) is 6.63. The van der Waals surface area contributed by atoms with E-state index in [0.29, 0.717) is 6.54 Å². The summed E-state index contributed by atoms with van der Waals surface area (Å²) < 4.78 is 0. The summed E-state index contributed by atoms with van der Waals surface area (Å²) in [6.07, 6.45) is 3.69. The molecule has 0 aromatic carbocycles. The first-order valence-electron chi connectivity index (χ1n) is 8.36. The lowest BCUT2D eigenvalue weighted by molar-refractivity contribution is -0.131. The van der Waals surface area contributed by atoms with Gasteiger partial charge in [-0.1, -0.05) is 26.7 Å². The zero-order valence-electron chi connectivity index (χ0n) is 14.4. The highest BCUT2D eigenvalue weighted by atomic mass is 16.3. The number of carbonyl (C=O) groups excluding carboxylic acids is 2. The SMILES string of the molecule is CCCCN(CCCC)C[C@@H](O)CN1C(=O)NC(C)(C)C1=O. The Morgan fingerprint density at radius 2 is 1.73 bits per heavy atom. The van der Waals surface area contributed by atoms with Gasteiger partial charge < -0.3 is 15.3 Å². The average molecular weight is 313 g/mol. The Balaban J connectivity index is 2.53. The molecular formula is C16H31N3O3. The van der Waals surface area contributed by atoms with Crippen molar-refractivity contribution in [1.29, 1.82) is 0 Å². The highest BCUT2D eigenvalue weighted by Gasteiger charge is 2.44. The molecule has 1 atom stereocenters. The number of rotatable bonds is 10. The van der Waals surface area contributed by atoms with Crippen LogP contribution in [0.25, 0.3) is 0 Å². The normalized spacial score (nSPS) is 18.9. The molecule has 0 aromatic rings. The molecule has 1 saturated heterocycles. The predicted octanol–water partition coefficient (Wildman–Crippen LogP) is 1.58. The molecule has 6 nitrogen and oxygen atoms in total. The van der Waals surface area contributed by atoms with Gasteiger partial charge in [0.2, 0.25) is 0 Å². The molecule has 22 heavy (non-hydrogen) atoms. The summed E-state index contributed by atoms with van der Waals surface area (Å²) in [5.41, 5.74) is -0.874. The van der Waals surface area contributed by atoms with Crippen molar-refractivity contribution in [2.45, 2.75) is 65.0 Å². The minimum absolute atomic E-state index is 0.0584. The fraction of sp³-hybridized carbons (Fsp3) is 0.875. The van der Waals surface area contributed by atoms with Crippen LogP contribution in [0, 0.1) is 0 Å². The largest absolute Gasteiger partial charge is 0.390 e. The van der Waals surface area contributed by atoms with Crippen molar-refractivity contribution in [3.05, 3.63) is 0 Å². The molecule has 2 N–H and O–H groups in total. The number of hydrogen-bond donors (Lipinski definition) is 2. The zero-order valence-corrected chi connectivity index (χ0v) is 14.4. The number of aliphatic hydroxyl groups excluding tert-OH is 1. The Morgan fingerprint density at radius 3 is 2.14 bits per heavy atom. The molecule has 0 unspecified atom stereocenters. The van der Waals surface area contributed by atoms with Crippen molar-refractivity contribution in [3.8, 4) is 0 Å². The Bertz CT molecular complexity index is 377. The second kappa shape index (κ2) is 8.48. The fourth-order valence-corrected chi connectivity index (χ4v) is 2.61. The third-order valence-corrected chi connectivity index (χ3v) is 3.96. The number of β-amino-alcohol motifs (C(OH)–C–C–N with tert-alkyl or cyclic N) is 1. The van der Waals surface area contributed by atoms with Crippen LogP contribution in [0.2, 0.25) is 0 Å². The first-order valence-corrected chi connectivity index (χ1v) is 8.36. The number of carbonyl (C=O) groups is 2. The monoisotopic (exact) mass is 313 g/mol. The molecule has 0 radical (unpaired) electrons. The van der Waals surface area contributed by atoms with Gasteiger partial charge in [0.1, 0.15) is 5.54 Å². The molecule has 1 heterocycles. The van der Waals surface area contributed by atoms with E-state index in [-0.39, 0.29) is 12.5 Å². The number of amides is 3. The molecule has 1 aliphatic rings. The number of urea groups is 1. The number of hydrogen-bond acceptors (Lipinski definition) is 4. The van der Waals surface area contributed by atoms with Crippen LogP contribution < -0.4 is 5.32 Å². The summed E-state index contributed by atoms with van der Waals surface area (Å²) >= 11 is 0. The molecule has 3 amide bonds. The Hall–Kier alpha value is -1.14. The van der Waals surface area contributed by atoms with Gasteiger partial charge in [-0.25, -0.2) is 4.79 Å². The lowest BCUT2D eigenvalue weighted by Crippen LogP contribution is -2.44. The minimum Gasteiger partial charge on any atom is -0.390 e. The van der Waals surface area contributed by atoms with E-state index in [1.165, 1.54) is 0 Å². The molecule has 1 aliphatic heterocycles. The van der Waals surface area contributed by atoms with Gasteiger partial charge in [0.15, 0.2) is 0 Å². The van der Waals surface area contributed by atoms with Crippen molar-refractivity contribution in [3.63, 3.8) is 0 Å². The van der Waals surface area contributed by atoms with Gasteiger partial charge in [0.05, 0.1) is 12.6 Å². The summed E-state index contributed by atoms with van der Waals surface area (Å²) in [6.45, 7) is 10.1. The van der Waals surface area contributed by atoms with Crippen molar-refractivity contribution in [1.82, 2.24) is 15.1 Å². The van der Waals surface area contributed by atoms with E-state index in [9.17, 15) is 14.7 Å². The van der Waals surface area contributed by atoms with Gasteiger partial charge in [0, 0.05) is 6.54 Å². The smallest absolute Gasteiger partial charge is 0.325 e. The molecule has 6 heteroatoms. The van der Waals surface area contributed by atoms with Crippen LogP contribution in [0.4, 0.5) is 4.79 Å². The van der Waals surface area contributed by atoms with Crippen LogP contribution >= 0.6 is 0 Å². The van der Waals surface area contributed by atoms with E-state index in [0.717, 1.165) is 43.7 Å². The summed E-state index contributed by atoms with van der Waals surface area (Å²) in [5.74, 6) is -0.273. The fourth-order valence-electron chi connectivity index (χ4n) is 2.61. The standard InChI is InChI=1S/C16H31N3O3/c1-5-7-9-18(10-8-6-2)11-13(20)12-19-14(21)16(3,4)17-15(19)22/h13,20H,5-12H2,1-4H3,(H,17,22)/t13-/m1/s1. The van der Waals surface area contributed by atoms with E-state index < -0.39 is 17.7 Å². The molecule has 0 bridgehead atoms. The van der Waals surface area contributed by atoms with Gasteiger partial charge in [-0.3, -0.25) is 9.69 Å². The number of nitrogens with one attached hydrogen (secondary N) is 1. The zero-order chi connectivity index (χ0) is 16.8. The molecule has 1 rings (SSSR count). The van der Waals surface area contributed by atoms with Gasteiger partial charge in [-0.2, -0.15) is 0 Å². The maximum absolute atomic E-state index is 12.1. The highest BCUT2D eigenvalue weighted by Crippen LogP contribution is 2.17. The molecule has 1 fully saturated rings. The molecule has 0 saturated carbocycles. The maximum atomic E-state index is 12.1. The van der Waals surface area contributed by atoms with Gasteiger partial charge >= 0.3 is 6.03 Å². The van der Waals surface area contributed by atoms with Crippen LogP contribution in [-0.4, -0.2) is 64.7 Å². The van der Waals surface area contributed by atoms with Crippen molar-refractivity contribution in [2.24, 2.45) is 0 Å². The lowest BCUT2D eigenvalue weighted by atomic mass is 10.1. The quantitative estimate of drug-likeness (QED) is 0.601. The van der Waals surface area contributed by atoms with Gasteiger partial charge in [-0.05, 0) is 39.8 Å². The van der Waals surface area contributed by atoms with Crippen molar-refractivity contribution < 1.29 is 14.7 Å². The van der Waals surface area contributed by atoms with Crippen LogP contribution in [0.15, 0.2) is 0 Å². The topological polar surface area (TPSA) is 72.9 Å². The Labute approximate surface area is 133 Å².